The predicted octanol–water partition coefficient (Wildman–Crippen LogP) is -2.05. The zero-order valence-corrected chi connectivity index (χ0v) is 15.8. The molecule has 2 fully saturated rings. The molecule has 2 rings (SSSR count). The summed E-state index contributed by atoms with van der Waals surface area (Å²) >= 11 is 0. The first-order valence-electron chi connectivity index (χ1n) is 9.17. The fourth-order valence-corrected chi connectivity index (χ4v) is 4.17. The highest BCUT2D eigenvalue weighted by Gasteiger charge is 2.46. The third-order valence-corrected chi connectivity index (χ3v) is 5.51. The molecule has 13 heteroatoms. The topological polar surface area (TPSA) is 102 Å². The first-order valence-corrected chi connectivity index (χ1v) is 10.0. The molecule has 0 aromatic carbocycles. The van der Waals surface area contributed by atoms with E-state index in [0.717, 1.165) is 0 Å². The maximum Gasteiger partial charge on any atom is 0.328 e. The molecule has 26 heavy (non-hydrogen) atoms. The van der Waals surface area contributed by atoms with Gasteiger partial charge < -0.3 is 33.2 Å². The van der Waals surface area contributed by atoms with E-state index >= 15 is 0 Å². The zero-order valence-electron chi connectivity index (χ0n) is 16.9. The third kappa shape index (κ3) is 5.13. The van der Waals surface area contributed by atoms with Gasteiger partial charge in [-0.15, -0.1) is 0 Å². The summed E-state index contributed by atoms with van der Waals surface area (Å²) in [5, 5.41) is 9.90. The van der Waals surface area contributed by atoms with Crippen molar-refractivity contribution in [2.24, 2.45) is 0 Å². The van der Waals surface area contributed by atoms with Crippen LogP contribution < -0.4 is 0 Å². The molecule has 9 nitrogen and oxygen atoms in total. The SMILES string of the molecule is [2H]B([3H])O[C@H]1C(OP(C)(=O)OC[C@H]2O[C@@H]([B])[C@@H](O)C2OC)[C@@H](COC)O[C@H]1[B]. The van der Waals surface area contributed by atoms with Gasteiger partial charge in [-0.2, -0.15) is 0 Å². The van der Waals surface area contributed by atoms with Crippen LogP contribution in [-0.4, -0.2) is 114 Å². The maximum atomic E-state index is 12.9. The Hall–Kier alpha value is 0.105. The van der Waals surface area contributed by atoms with E-state index in [-0.39, 0.29) is 13.2 Å². The summed E-state index contributed by atoms with van der Waals surface area (Å²) in [7, 11) is 8.97. The normalized spacial score (nSPS) is 43.7. The Balaban J connectivity index is 2.02. The van der Waals surface area contributed by atoms with E-state index in [1.54, 1.807) is 0 Å². The molecule has 0 bridgehead atoms. The number of ether oxygens (including phenoxy) is 4. The van der Waals surface area contributed by atoms with Gasteiger partial charge in [-0.1, -0.05) is 0 Å². The average Bonchev–Trinajstić information content (AvgIpc) is 3.03. The molecule has 9 atom stereocenters. The van der Waals surface area contributed by atoms with E-state index < -0.39 is 64.2 Å². The maximum absolute atomic E-state index is 12.9. The Morgan fingerprint density at radius 2 is 1.88 bits per heavy atom. The van der Waals surface area contributed by atoms with Crippen LogP contribution in [0.2, 0.25) is 0 Å². The molecule has 0 aliphatic carbocycles. The lowest BCUT2D eigenvalue weighted by Crippen LogP contribution is -2.39. The second kappa shape index (κ2) is 9.54. The van der Waals surface area contributed by atoms with Crippen LogP contribution in [0.25, 0.3) is 0 Å². The van der Waals surface area contributed by atoms with Gasteiger partial charge in [0.25, 0.3) is 7.98 Å². The third-order valence-electron chi connectivity index (χ3n) is 4.26. The highest BCUT2D eigenvalue weighted by Crippen LogP contribution is 2.48. The summed E-state index contributed by atoms with van der Waals surface area (Å²) in [5.41, 5.74) is 0. The smallest absolute Gasteiger partial charge is 0.328 e. The molecule has 3 unspecified atom stereocenters. The summed E-state index contributed by atoms with van der Waals surface area (Å²) in [6, 6.07) is -1.95. The van der Waals surface area contributed by atoms with Crippen molar-refractivity contribution in [3.63, 3.8) is 0 Å². The van der Waals surface area contributed by atoms with Crippen LogP contribution >= 0.6 is 7.60 Å². The second-order valence-corrected chi connectivity index (χ2v) is 8.17. The van der Waals surface area contributed by atoms with Gasteiger partial charge in [0, 0.05) is 35.6 Å². The molecule has 0 amide bonds. The van der Waals surface area contributed by atoms with Crippen LogP contribution in [0, 0.1) is 0 Å². The van der Waals surface area contributed by atoms with Crippen molar-refractivity contribution in [2.45, 2.75) is 48.6 Å². The average molecular weight is 391 g/mol. The Bertz CT molecular complexity index is 551. The lowest BCUT2D eigenvalue weighted by molar-refractivity contribution is -0.0369. The van der Waals surface area contributed by atoms with E-state index in [1.165, 1.54) is 20.9 Å². The van der Waals surface area contributed by atoms with Crippen molar-refractivity contribution in [1.29, 1.82) is 2.67 Å². The Kier molecular flexibility index (Phi) is 7.13. The van der Waals surface area contributed by atoms with Gasteiger partial charge in [-0.25, -0.2) is 0 Å². The largest absolute Gasteiger partial charge is 0.437 e. The molecule has 1 N–H and O–H groups in total. The summed E-state index contributed by atoms with van der Waals surface area (Å²) < 4.78 is 64.6. The van der Waals surface area contributed by atoms with Crippen LogP contribution in [0.3, 0.4) is 0 Å². The summed E-state index contributed by atoms with van der Waals surface area (Å²) in [5.74, 6) is 0. The highest BCUT2D eigenvalue weighted by molar-refractivity contribution is 7.53. The lowest BCUT2D eigenvalue weighted by atomic mass is 9.92. The van der Waals surface area contributed by atoms with Crippen LogP contribution in [0.4, 0.5) is 0 Å². The monoisotopic (exact) mass is 391 g/mol. The summed E-state index contributed by atoms with van der Waals surface area (Å²) in [4.78, 5) is 0. The molecular weight excluding hydrogens is 364 g/mol. The molecule has 0 saturated carbocycles. The van der Waals surface area contributed by atoms with Gasteiger partial charge in [0.05, 0.1) is 19.3 Å². The van der Waals surface area contributed by atoms with Crippen LogP contribution in [0.1, 0.15) is 0 Å². The Labute approximate surface area is 159 Å². The predicted molar refractivity (Wildman–Crippen MR) is 95.3 cm³/mol. The van der Waals surface area contributed by atoms with Crippen molar-refractivity contribution < 1.29 is 42.3 Å². The molecule has 0 aromatic rings. The molecular formula is C13H24B3O9P. The van der Waals surface area contributed by atoms with Crippen LogP contribution in [-0.2, 0) is 37.2 Å². The van der Waals surface area contributed by atoms with Gasteiger partial charge in [0.1, 0.15) is 46.2 Å². The van der Waals surface area contributed by atoms with Crippen molar-refractivity contribution in [3.05, 3.63) is 0 Å². The molecule has 2 aliphatic heterocycles. The minimum Gasteiger partial charge on any atom is -0.437 e. The number of methoxy groups -OCH3 is 2. The number of rotatable bonds is 10. The number of hydrogen-bond donors (Lipinski definition) is 1. The fourth-order valence-electron chi connectivity index (χ4n) is 2.99. The first kappa shape index (κ1) is 19.4. The van der Waals surface area contributed by atoms with Gasteiger partial charge in [-0.05, 0) is 0 Å². The molecule has 0 spiro atoms. The first-order chi connectivity index (χ1) is 13.1. The van der Waals surface area contributed by atoms with Crippen LogP contribution in [0.15, 0.2) is 0 Å². The van der Waals surface area contributed by atoms with E-state index in [1.807, 2.05) is 0 Å². The van der Waals surface area contributed by atoms with Gasteiger partial charge >= 0.3 is 7.60 Å². The molecule has 2 saturated heterocycles. The zero-order chi connectivity index (χ0) is 21.1. The van der Waals surface area contributed by atoms with E-state index in [9.17, 15) is 9.67 Å². The quantitative estimate of drug-likeness (QED) is 0.333. The van der Waals surface area contributed by atoms with E-state index in [4.69, 9.17) is 51.0 Å². The lowest BCUT2D eigenvalue weighted by Gasteiger charge is -2.27. The number of hydrogen-bond acceptors (Lipinski definition) is 9. The van der Waals surface area contributed by atoms with Crippen molar-refractivity contribution in [2.75, 3.05) is 34.1 Å². The van der Waals surface area contributed by atoms with E-state index in [2.05, 4.69) is 0 Å². The fraction of sp³-hybridized carbons (Fsp3) is 1.00. The van der Waals surface area contributed by atoms with Crippen molar-refractivity contribution >= 4 is 31.3 Å². The molecule has 144 valence electrons. The summed E-state index contributed by atoms with van der Waals surface area (Å²) in [6.45, 7) is 1.10. The molecule has 4 radical (unpaired) electrons. The van der Waals surface area contributed by atoms with Gasteiger partial charge in [0.15, 0.2) is 0 Å². The Morgan fingerprint density at radius 3 is 2.50 bits per heavy atom. The minimum atomic E-state index is -3.69. The summed E-state index contributed by atoms with van der Waals surface area (Å²) in [6.07, 6.45) is -5.27. The minimum absolute atomic E-state index is 0.0669. The van der Waals surface area contributed by atoms with Crippen molar-refractivity contribution in [3.8, 4) is 0 Å². The molecule has 2 heterocycles. The standard InChI is InChI=1S/C13H24B3O9P/c1-19-4-6-10(11(24-16)13(15)23-6)25-26(3,18)21-5-7-9(20-2)8(17)12(14)22-7/h6-13,17H,4-5,16H2,1-3H3/t6-,7-,8+,9?,10?,11+,12-,13-,26?/m1/s1/i16TD. The van der Waals surface area contributed by atoms with Gasteiger partial charge in [-0.3, -0.25) is 9.09 Å². The van der Waals surface area contributed by atoms with Crippen molar-refractivity contribution in [1.82, 2.24) is 0 Å². The Morgan fingerprint density at radius 1 is 1.23 bits per heavy atom. The second-order valence-electron chi connectivity index (χ2n) is 6.16. The van der Waals surface area contributed by atoms with E-state index in [0.29, 0.717) is 0 Å². The number of aliphatic hydroxyl groups excluding tert-OH is 1. The highest BCUT2D eigenvalue weighted by atomic mass is 31.2. The molecule has 0 aromatic heterocycles. The van der Waals surface area contributed by atoms with Crippen LogP contribution in [0.5, 0.6) is 0 Å². The van der Waals surface area contributed by atoms with Gasteiger partial charge in [0.2, 0.25) is 0 Å². The molecule has 2 aliphatic rings. The number of aliphatic hydroxyl groups is 1.